The zero-order chi connectivity index (χ0) is 13.9. The van der Waals surface area contributed by atoms with E-state index < -0.39 is 5.91 Å². The van der Waals surface area contributed by atoms with Gasteiger partial charge in [-0.2, -0.15) is 0 Å². The van der Waals surface area contributed by atoms with Crippen LogP contribution in [0.1, 0.15) is 16.7 Å². The van der Waals surface area contributed by atoms with Crippen molar-refractivity contribution in [2.75, 3.05) is 14.2 Å². The minimum Gasteiger partial charge on any atom is -0.504 e. The molecule has 5 heteroatoms. The van der Waals surface area contributed by atoms with Crippen LogP contribution in [0, 0.1) is 13.8 Å². The highest BCUT2D eigenvalue weighted by atomic mass is 16.5. The minimum atomic E-state index is -0.590. The van der Waals surface area contributed by atoms with Crippen molar-refractivity contribution < 1.29 is 19.4 Å². The molecule has 5 nitrogen and oxygen atoms in total. The lowest BCUT2D eigenvalue weighted by Gasteiger charge is -2.17. The van der Waals surface area contributed by atoms with Gasteiger partial charge in [-0.3, -0.25) is 4.79 Å². The largest absolute Gasteiger partial charge is 0.504 e. The van der Waals surface area contributed by atoms with Gasteiger partial charge >= 0.3 is 0 Å². The molecule has 98 valence electrons. The predicted molar refractivity (Wildman–Crippen MR) is 68.9 cm³/mol. The van der Waals surface area contributed by atoms with Crippen molar-refractivity contribution in [1.29, 1.82) is 0 Å². The predicted octanol–water partition coefficient (Wildman–Crippen LogP) is 1.52. The second-order valence-electron chi connectivity index (χ2n) is 3.81. The number of phenols is 1. The van der Waals surface area contributed by atoms with Crippen molar-refractivity contribution in [2.24, 2.45) is 5.73 Å². The molecule has 0 aliphatic carbocycles. The van der Waals surface area contributed by atoms with Crippen molar-refractivity contribution in [3.63, 3.8) is 0 Å². The average molecular weight is 251 g/mol. The number of carbonyl (C=O) groups excluding carboxylic acids is 1. The number of rotatable bonds is 4. The van der Waals surface area contributed by atoms with E-state index in [9.17, 15) is 9.90 Å². The minimum absolute atomic E-state index is 0.0363. The Hall–Kier alpha value is -2.17. The highest BCUT2D eigenvalue weighted by molar-refractivity contribution is 5.91. The second-order valence-corrected chi connectivity index (χ2v) is 3.81. The van der Waals surface area contributed by atoms with Crippen LogP contribution in [-0.2, 0) is 4.79 Å². The van der Waals surface area contributed by atoms with Crippen LogP contribution in [-0.4, -0.2) is 25.2 Å². The van der Waals surface area contributed by atoms with Crippen molar-refractivity contribution in [2.45, 2.75) is 13.8 Å². The first kappa shape index (κ1) is 13.9. The lowest BCUT2D eigenvalue weighted by molar-refractivity contribution is -0.113. The van der Waals surface area contributed by atoms with Crippen LogP contribution in [0.25, 0.3) is 6.08 Å². The normalized spacial score (nSPS) is 10.7. The Morgan fingerprint density at radius 2 is 1.72 bits per heavy atom. The number of amides is 1. The fourth-order valence-corrected chi connectivity index (χ4v) is 1.91. The van der Waals surface area contributed by atoms with Crippen LogP contribution in [0.15, 0.2) is 6.08 Å². The summed E-state index contributed by atoms with van der Waals surface area (Å²) < 4.78 is 10.4. The monoisotopic (exact) mass is 251 g/mol. The molecular weight excluding hydrogens is 234 g/mol. The van der Waals surface area contributed by atoms with Crippen LogP contribution in [0.4, 0.5) is 0 Å². The molecular formula is C13H17NO4. The van der Waals surface area contributed by atoms with E-state index in [0.717, 1.165) is 0 Å². The summed E-state index contributed by atoms with van der Waals surface area (Å²) in [6.07, 6.45) is 2.62. The maximum absolute atomic E-state index is 10.8. The van der Waals surface area contributed by atoms with Crippen molar-refractivity contribution in [1.82, 2.24) is 0 Å². The van der Waals surface area contributed by atoms with Gasteiger partial charge in [0, 0.05) is 22.8 Å². The first-order chi connectivity index (χ1) is 8.43. The van der Waals surface area contributed by atoms with E-state index in [1.54, 1.807) is 13.8 Å². The van der Waals surface area contributed by atoms with Crippen molar-refractivity contribution in [3.05, 3.63) is 22.8 Å². The van der Waals surface area contributed by atoms with Crippen LogP contribution in [0.3, 0.4) is 0 Å². The topological polar surface area (TPSA) is 81.8 Å². The fraction of sp³-hybridized carbons (Fsp3) is 0.308. The van der Waals surface area contributed by atoms with Gasteiger partial charge in [-0.1, -0.05) is 0 Å². The molecule has 1 aromatic rings. The van der Waals surface area contributed by atoms with E-state index in [4.69, 9.17) is 15.2 Å². The fourth-order valence-electron chi connectivity index (χ4n) is 1.91. The van der Waals surface area contributed by atoms with Gasteiger partial charge in [0.05, 0.1) is 14.2 Å². The smallest absolute Gasteiger partial charge is 0.241 e. The molecule has 0 spiro atoms. The van der Waals surface area contributed by atoms with Gasteiger partial charge in [-0.05, 0) is 19.9 Å². The maximum atomic E-state index is 10.8. The third-order valence-corrected chi connectivity index (χ3v) is 2.72. The number of hydrogen-bond acceptors (Lipinski definition) is 4. The molecule has 0 aliphatic rings. The number of primary amides is 1. The molecule has 0 unspecified atom stereocenters. The zero-order valence-electron chi connectivity index (χ0n) is 10.9. The van der Waals surface area contributed by atoms with E-state index in [1.807, 2.05) is 0 Å². The molecule has 0 saturated carbocycles. The molecule has 0 atom stereocenters. The highest BCUT2D eigenvalue weighted by Crippen LogP contribution is 2.43. The third kappa shape index (κ3) is 2.40. The molecule has 0 aromatic heterocycles. The zero-order valence-corrected chi connectivity index (χ0v) is 10.9. The SMILES string of the molecule is COc1c(C)c(/C=C/C(N)=O)c(O)c(OC)c1C. The molecule has 1 aromatic carbocycles. The number of aromatic hydroxyl groups is 1. The summed E-state index contributed by atoms with van der Waals surface area (Å²) in [7, 11) is 2.99. The van der Waals surface area contributed by atoms with Crippen molar-refractivity contribution in [3.8, 4) is 17.2 Å². The van der Waals surface area contributed by atoms with Crippen LogP contribution < -0.4 is 15.2 Å². The van der Waals surface area contributed by atoms with Gasteiger partial charge in [-0.25, -0.2) is 0 Å². The molecule has 0 aliphatic heterocycles. The first-order valence-corrected chi connectivity index (χ1v) is 5.35. The molecule has 18 heavy (non-hydrogen) atoms. The Balaban J connectivity index is 3.55. The summed E-state index contributed by atoms with van der Waals surface area (Å²) in [4.78, 5) is 10.8. The molecule has 0 fully saturated rings. The van der Waals surface area contributed by atoms with Gasteiger partial charge in [0.1, 0.15) is 5.75 Å². The first-order valence-electron chi connectivity index (χ1n) is 5.35. The maximum Gasteiger partial charge on any atom is 0.241 e. The van der Waals surface area contributed by atoms with Crippen LogP contribution >= 0.6 is 0 Å². The molecule has 1 rings (SSSR count). The highest BCUT2D eigenvalue weighted by Gasteiger charge is 2.19. The number of phenolic OH excluding ortho intramolecular Hbond substituents is 1. The summed E-state index contributed by atoms with van der Waals surface area (Å²) in [5.41, 5.74) is 6.91. The van der Waals surface area contributed by atoms with E-state index in [2.05, 4.69) is 0 Å². The Labute approximate surface area is 106 Å². The summed E-state index contributed by atoms with van der Waals surface area (Å²) in [5, 5.41) is 10.1. The second kappa shape index (κ2) is 5.44. The van der Waals surface area contributed by atoms with Gasteiger partial charge in [0.25, 0.3) is 0 Å². The van der Waals surface area contributed by atoms with Gasteiger partial charge in [0.15, 0.2) is 11.5 Å². The van der Waals surface area contributed by atoms with E-state index in [-0.39, 0.29) is 5.75 Å². The number of methoxy groups -OCH3 is 2. The molecule has 3 N–H and O–H groups in total. The molecule has 0 bridgehead atoms. The Kier molecular flexibility index (Phi) is 4.20. The molecule has 0 heterocycles. The standard InChI is InChI=1S/C13H17NO4/c1-7-9(5-6-10(14)15)11(16)13(18-4)8(2)12(7)17-3/h5-6,16H,1-4H3,(H2,14,15)/b6-5+. The van der Waals surface area contributed by atoms with Crippen LogP contribution in [0.2, 0.25) is 0 Å². The Morgan fingerprint density at radius 1 is 1.17 bits per heavy atom. The summed E-state index contributed by atoms with van der Waals surface area (Å²) >= 11 is 0. The van der Waals surface area contributed by atoms with E-state index in [0.29, 0.717) is 28.2 Å². The summed E-state index contributed by atoms with van der Waals surface area (Å²) in [6.45, 7) is 3.57. The quantitative estimate of drug-likeness (QED) is 0.795. The van der Waals surface area contributed by atoms with Crippen molar-refractivity contribution >= 4 is 12.0 Å². The lowest BCUT2D eigenvalue weighted by Crippen LogP contribution is -2.05. The summed E-state index contributed by atoms with van der Waals surface area (Å²) in [6, 6.07) is 0. The van der Waals surface area contributed by atoms with Crippen LogP contribution in [0.5, 0.6) is 17.2 Å². The van der Waals surface area contributed by atoms with E-state index in [1.165, 1.54) is 26.4 Å². The number of nitrogens with two attached hydrogens (primary N) is 1. The lowest BCUT2D eigenvalue weighted by atomic mass is 10.0. The van der Waals surface area contributed by atoms with Gasteiger partial charge in [-0.15, -0.1) is 0 Å². The average Bonchev–Trinajstić information content (AvgIpc) is 2.29. The third-order valence-electron chi connectivity index (χ3n) is 2.72. The van der Waals surface area contributed by atoms with Gasteiger partial charge in [0.2, 0.25) is 5.91 Å². The number of carbonyl (C=O) groups is 1. The molecule has 1 amide bonds. The number of ether oxygens (including phenoxy) is 2. The number of hydrogen-bond donors (Lipinski definition) is 2. The molecule has 0 radical (unpaired) electrons. The van der Waals surface area contributed by atoms with Gasteiger partial charge < -0.3 is 20.3 Å². The summed E-state index contributed by atoms with van der Waals surface area (Å²) in [5.74, 6) is 0.299. The molecule has 0 saturated heterocycles. The number of benzene rings is 1. The Morgan fingerprint density at radius 3 is 2.17 bits per heavy atom. The van der Waals surface area contributed by atoms with E-state index >= 15 is 0 Å². The Bertz CT molecular complexity index is 475.